The summed E-state index contributed by atoms with van der Waals surface area (Å²) in [5.74, 6) is -0.700. The smallest absolute Gasteiger partial charge is 0.316 e. The molecule has 0 spiro atoms. The molecule has 0 unspecified atom stereocenters. The van der Waals surface area contributed by atoms with Crippen molar-refractivity contribution in [2.45, 2.75) is 45.3 Å². The molecular weight excluding hydrogens is 366 g/mol. The third-order valence-corrected chi connectivity index (χ3v) is 3.86. The van der Waals surface area contributed by atoms with Crippen LogP contribution in [0, 0.1) is 0 Å². The molecule has 126 valence electrons. The first-order valence-electron chi connectivity index (χ1n) is 7.41. The van der Waals surface area contributed by atoms with Crippen molar-refractivity contribution in [2.75, 3.05) is 13.1 Å². The van der Waals surface area contributed by atoms with Crippen LogP contribution in [0.3, 0.4) is 0 Å². The number of carbonyl (C=O) groups is 2. The Morgan fingerprint density at radius 1 is 1.35 bits per heavy atom. The molecule has 0 N–H and O–H groups in total. The van der Waals surface area contributed by atoms with Crippen LogP contribution < -0.4 is 4.74 Å². The van der Waals surface area contributed by atoms with Gasteiger partial charge in [0.05, 0.1) is 11.0 Å². The zero-order valence-electron chi connectivity index (χ0n) is 13.4. The highest BCUT2D eigenvalue weighted by Gasteiger charge is 2.37. The number of piperidine rings is 1. The van der Waals surface area contributed by atoms with Gasteiger partial charge in [0.2, 0.25) is 0 Å². The van der Waals surface area contributed by atoms with Gasteiger partial charge in [0.1, 0.15) is 6.10 Å². The lowest BCUT2D eigenvalue weighted by atomic mass is 10.0. The van der Waals surface area contributed by atoms with Crippen LogP contribution in [0.5, 0.6) is 6.01 Å². The van der Waals surface area contributed by atoms with E-state index in [1.807, 2.05) is 0 Å². The van der Waals surface area contributed by atoms with E-state index in [1.165, 1.54) is 6.92 Å². The number of nitrogens with zero attached hydrogens (tertiary/aromatic N) is 3. The molecule has 0 aliphatic carbocycles. The Hall–Kier alpha value is -1.70. The molecule has 0 saturated carbocycles. The Labute approximate surface area is 143 Å². The van der Waals surface area contributed by atoms with Crippen molar-refractivity contribution >= 4 is 27.8 Å². The zero-order chi connectivity index (χ0) is 17.0. The maximum absolute atomic E-state index is 12.6. The number of amides is 1. The summed E-state index contributed by atoms with van der Waals surface area (Å²) < 4.78 is 11.6. The molecule has 23 heavy (non-hydrogen) atoms. The van der Waals surface area contributed by atoms with Crippen molar-refractivity contribution in [1.29, 1.82) is 0 Å². The van der Waals surface area contributed by atoms with Gasteiger partial charge in [0, 0.05) is 25.9 Å². The molecule has 1 aromatic rings. The average Bonchev–Trinajstić information content (AvgIpc) is 2.48. The number of aromatic nitrogens is 2. The molecule has 2 heterocycles. The van der Waals surface area contributed by atoms with E-state index < -0.39 is 11.6 Å². The quantitative estimate of drug-likeness (QED) is 0.736. The molecule has 0 radical (unpaired) electrons. The predicted molar refractivity (Wildman–Crippen MR) is 85.8 cm³/mol. The fraction of sp³-hybridized carbons (Fsp3) is 0.600. The first kappa shape index (κ1) is 17.7. The number of rotatable bonds is 4. The molecule has 1 aromatic heterocycles. The molecular formula is C15H20BrN3O4. The van der Waals surface area contributed by atoms with Gasteiger partial charge in [-0.25, -0.2) is 9.97 Å². The second-order valence-corrected chi connectivity index (χ2v) is 6.84. The molecule has 8 heteroatoms. The van der Waals surface area contributed by atoms with Gasteiger partial charge >= 0.3 is 12.0 Å². The number of hydrogen-bond acceptors (Lipinski definition) is 6. The highest BCUT2D eigenvalue weighted by atomic mass is 79.9. The molecule has 1 aliphatic rings. The van der Waals surface area contributed by atoms with Gasteiger partial charge in [-0.2, -0.15) is 0 Å². The Kier molecular flexibility index (Phi) is 5.56. The molecule has 1 atom stereocenters. The molecule has 0 aromatic carbocycles. The van der Waals surface area contributed by atoms with E-state index in [0.29, 0.717) is 13.1 Å². The molecule has 1 aliphatic heterocycles. The highest BCUT2D eigenvalue weighted by molar-refractivity contribution is 9.10. The molecule has 7 nitrogen and oxygen atoms in total. The maximum Gasteiger partial charge on any atom is 0.316 e. The lowest BCUT2D eigenvalue weighted by Gasteiger charge is -2.36. The van der Waals surface area contributed by atoms with E-state index in [2.05, 4.69) is 25.9 Å². The third-order valence-electron chi connectivity index (χ3n) is 3.45. The largest absolute Gasteiger partial charge is 0.458 e. The van der Waals surface area contributed by atoms with Gasteiger partial charge in [0.25, 0.3) is 5.91 Å². The van der Waals surface area contributed by atoms with Gasteiger partial charge in [-0.05, 0) is 42.6 Å². The lowest BCUT2D eigenvalue weighted by Crippen LogP contribution is -2.53. The number of halogens is 1. The van der Waals surface area contributed by atoms with Crippen LogP contribution in [0.15, 0.2) is 16.9 Å². The second-order valence-electron chi connectivity index (χ2n) is 5.92. The van der Waals surface area contributed by atoms with Crippen molar-refractivity contribution < 1.29 is 19.1 Å². The van der Waals surface area contributed by atoms with Gasteiger partial charge in [-0.15, -0.1) is 0 Å². The number of esters is 1. The number of carbonyl (C=O) groups excluding carboxylic acids is 2. The van der Waals surface area contributed by atoms with Crippen LogP contribution in [-0.2, 0) is 14.3 Å². The summed E-state index contributed by atoms with van der Waals surface area (Å²) in [6, 6.07) is 0.284. The Morgan fingerprint density at radius 2 is 2.00 bits per heavy atom. The number of ether oxygens (including phenoxy) is 2. The summed E-state index contributed by atoms with van der Waals surface area (Å²) in [5, 5.41) is 0. The molecule has 1 amide bonds. The molecule has 0 bridgehead atoms. The molecule has 1 fully saturated rings. The van der Waals surface area contributed by atoms with Crippen molar-refractivity contribution in [3.8, 4) is 6.01 Å². The summed E-state index contributed by atoms with van der Waals surface area (Å²) in [7, 11) is 0. The van der Waals surface area contributed by atoms with E-state index in [1.54, 1.807) is 31.1 Å². The topological polar surface area (TPSA) is 81.6 Å². The molecule has 2 rings (SSSR count). The van der Waals surface area contributed by atoms with Crippen molar-refractivity contribution in [3.63, 3.8) is 0 Å². The Morgan fingerprint density at radius 3 is 2.61 bits per heavy atom. The van der Waals surface area contributed by atoms with E-state index in [9.17, 15) is 9.59 Å². The summed E-state index contributed by atoms with van der Waals surface area (Å²) >= 11 is 3.27. The van der Waals surface area contributed by atoms with Gasteiger partial charge < -0.3 is 14.4 Å². The predicted octanol–water partition coefficient (Wildman–Crippen LogP) is 1.95. The van der Waals surface area contributed by atoms with Gasteiger partial charge in [0.15, 0.2) is 5.60 Å². The van der Waals surface area contributed by atoms with E-state index in [0.717, 1.165) is 17.3 Å². The Bertz CT molecular complexity index is 577. The monoisotopic (exact) mass is 385 g/mol. The van der Waals surface area contributed by atoms with Crippen LogP contribution in [0.2, 0.25) is 0 Å². The van der Waals surface area contributed by atoms with Crippen LogP contribution >= 0.6 is 15.9 Å². The first-order valence-corrected chi connectivity index (χ1v) is 8.20. The van der Waals surface area contributed by atoms with Gasteiger partial charge in [-0.1, -0.05) is 0 Å². The normalized spacial score (nSPS) is 18.4. The second kappa shape index (κ2) is 7.25. The lowest BCUT2D eigenvalue weighted by molar-refractivity contribution is -0.169. The average molecular weight is 386 g/mol. The summed E-state index contributed by atoms with van der Waals surface area (Å²) in [6.07, 6.45) is 4.66. The number of hydrogen-bond donors (Lipinski definition) is 0. The number of likely N-dealkylation sites (tertiary alicyclic amines) is 1. The first-order chi connectivity index (χ1) is 10.8. The maximum atomic E-state index is 12.6. The molecule has 1 saturated heterocycles. The summed E-state index contributed by atoms with van der Waals surface area (Å²) in [6.45, 7) is 5.52. The fourth-order valence-corrected chi connectivity index (χ4v) is 2.72. The van der Waals surface area contributed by atoms with Gasteiger partial charge in [-0.3, -0.25) is 9.59 Å². The zero-order valence-corrected chi connectivity index (χ0v) is 15.0. The van der Waals surface area contributed by atoms with E-state index >= 15 is 0 Å². The SMILES string of the molecule is CC(=O)OC(C)(C)C(=O)N1CCC[C@@H](Oc2ncc(Br)cn2)C1. The highest BCUT2D eigenvalue weighted by Crippen LogP contribution is 2.21. The van der Waals surface area contributed by atoms with Crippen LogP contribution in [0.1, 0.15) is 33.6 Å². The third kappa shape index (κ3) is 4.89. The minimum Gasteiger partial charge on any atom is -0.458 e. The summed E-state index contributed by atoms with van der Waals surface area (Å²) in [4.78, 5) is 33.5. The standard InChI is InChI=1S/C15H20BrN3O4/c1-10(20)23-15(2,3)13(21)19-6-4-5-12(9-19)22-14-17-7-11(16)8-18-14/h7-8,12H,4-6,9H2,1-3H3/t12-/m1/s1. The van der Waals surface area contributed by atoms with E-state index in [-0.39, 0.29) is 18.0 Å². The van der Waals surface area contributed by atoms with Crippen LogP contribution in [-0.4, -0.2) is 51.5 Å². The Balaban J connectivity index is 1.98. The van der Waals surface area contributed by atoms with Crippen molar-refractivity contribution in [1.82, 2.24) is 14.9 Å². The minimum atomic E-state index is -1.18. The summed E-state index contributed by atoms with van der Waals surface area (Å²) in [5.41, 5.74) is -1.18. The van der Waals surface area contributed by atoms with Crippen LogP contribution in [0.4, 0.5) is 0 Å². The fourth-order valence-electron chi connectivity index (χ4n) is 2.51. The van der Waals surface area contributed by atoms with E-state index in [4.69, 9.17) is 9.47 Å². The van der Waals surface area contributed by atoms with Crippen molar-refractivity contribution in [2.24, 2.45) is 0 Å². The van der Waals surface area contributed by atoms with Crippen LogP contribution in [0.25, 0.3) is 0 Å². The van der Waals surface area contributed by atoms with Crippen molar-refractivity contribution in [3.05, 3.63) is 16.9 Å². The minimum absolute atomic E-state index is 0.179.